The Morgan fingerprint density at radius 2 is 1.64 bits per heavy atom. The third kappa shape index (κ3) is 5.33. The van der Waals surface area contributed by atoms with Crippen LogP contribution in [0.1, 0.15) is 38.5 Å². The van der Waals surface area contributed by atoms with Gasteiger partial charge in [-0.1, -0.05) is 19.3 Å². The Kier molecular flexibility index (Phi) is 8.31. The number of carbonyl (C=O) groups is 1. The summed E-state index contributed by atoms with van der Waals surface area (Å²) >= 11 is 0. The van der Waals surface area contributed by atoms with Crippen molar-refractivity contribution in [2.45, 2.75) is 49.7 Å². The zero-order valence-electron chi connectivity index (χ0n) is 11.0. The molecule has 0 amide bonds. The van der Waals surface area contributed by atoms with E-state index < -0.39 is 46.2 Å². The number of esters is 1. The molecule has 1 fully saturated rings. The maximum absolute atomic E-state index is 13.1. The molecule has 0 heterocycles. The molecule has 0 spiro atoms. The fourth-order valence-electron chi connectivity index (χ4n) is 2.07. The molecule has 0 radical (unpaired) electrons. The number of carbonyl (C=O) groups excluding carboxylic acids is 1. The van der Waals surface area contributed by atoms with Crippen LogP contribution in [-0.4, -0.2) is 66.3 Å². The van der Waals surface area contributed by atoms with Gasteiger partial charge in [0.05, 0.1) is 18.9 Å². The summed E-state index contributed by atoms with van der Waals surface area (Å²) < 4.78 is 85.1. The molecule has 1 aliphatic carbocycles. The number of halogens is 4. The first kappa shape index (κ1) is 22.1. The molecule has 0 aromatic heterocycles. The van der Waals surface area contributed by atoms with Crippen LogP contribution in [0.15, 0.2) is 0 Å². The molecule has 1 rings (SSSR count). The Morgan fingerprint density at radius 1 is 1.14 bits per heavy atom. The molecule has 1 saturated carbocycles. The minimum atomic E-state index is -6.26. The maximum atomic E-state index is 13.1. The molecule has 0 aromatic carbocycles. The Labute approximate surface area is 147 Å². The van der Waals surface area contributed by atoms with Crippen LogP contribution >= 0.6 is 0 Å². The van der Waals surface area contributed by atoms with Crippen molar-refractivity contribution in [3.8, 4) is 0 Å². The third-order valence-corrected chi connectivity index (χ3v) is 4.30. The summed E-state index contributed by atoms with van der Waals surface area (Å²) in [5.74, 6) is -6.22. The second-order valence-electron chi connectivity index (χ2n) is 4.95. The van der Waals surface area contributed by atoms with E-state index in [4.69, 9.17) is 4.55 Å². The molecule has 0 aliphatic heterocycles. The third-order valence-electron chi connectivity index (χ3n) is 3.35. The first-order valence-corrected chi connectivity index (χ1v) is 7.82. The van der Waals surface area contributed by atoms with Gasteiger partial charge < -0.3 is 4.74 Å². The number of hydrogen-bond donors (Lipinski definition) is 1. The van der Waals surface area contributed by atoms with Crippen molar-refractivity contribution in [1.29, 1.82) is 0 Å². The van der Waals surface area contributed by atoms with E-state index in [-0.39, 0.29) is 29.6 Å². The van der Waals surface area contributed by atoms with E-state index in [1.165, 1.54) is 0 Å². The molecule has 0 saturated heterocycles. The van der Waals surface area contributed by atoms with Crippen LogP contribution in [0, 0.1) is 5.92 Å². The Bertz CT molecular complexity index is 477. The predicted octanol–water partition coefficient (Wildman–Crippen LogP) is 1.97. The van der Waals surface area contributed by atoms with E-state index >= 15 is 0 Å². The SMILES string of the molecule is O=C(OCCC(F)(F)C(F)(F)S(=O)(=O)O)C1CCCCC1.[NaH]. The van der Waals surface area contributed by atoms with Crippen LogP contribution in [-0.2, 0) is 19.6 Å². The molecule has 22 heavy (non-hydrogen) atoms. The zero-order chi connectivity index (χ0) is 16.3. The normalized spacial score (nSPS) is 17.7. The summed E-state index contributed by atoms with van der Waals surface area (Å²) in [5.41, 5.74) is 0. The van der Waals surface area contributed by atoms with E-state index in [1.807, 2.05) is 0 Å². The predicted molar refractivity (Wildman–Crippen MR) is 70.7 cm³/mol. The van der Waals surface area contributed by atoms with E-state index in [2.05, 4.69) is 4.74 Å². The first-order valence-electron chi connectivity index (χ1n) is 6.38. The average Bonchev–Trinajstić information content (AvgIpc) is 2.38. The van der Waals surface area contributed by atoms with Crippen LogP contribution in [0.5, 0.6) is 0 Å². The standard InChI is InChI=1S/C11H16F4O5S.Na.H/c12-10(13,11(14,15)21(17,18)19)6-7-20-9(16)8-4-2-1-3-5-8;;/h8H,1-7H2,(H,17,18,19);;. The van der Waals surface area contributed by atoms with Crippen LogP contribution < -0.4 is 0 Å². The molecule has 0 aromatic rings. The molecular weight excluding hydrogens is 343 g/mol. The molecule has 0 bridgehead atoms. The van der Waals surface area contributed by atoms with Crippen LogP contribution in [0.3, 0.4) is 0 Å². The Morgan fingerprint density at radius 3 is 2.09 bits per heavy atom. The van der Waals surface area contributed by atoms with Gasteiger partial charge in [0.15, 0.2) is 0 Å². The fourth-order valence-corrected chi connectivity index (χ4v) is 2.55. The van der Waals surface area contributed by atoms with Gasteiger partial charge in [0, 0.05) is 0 Å². The summed E-state index contributed by atoms with van der Waals surface area (Å²) in [6, 6.07) is 0. The van der Waals surface area contributed by atoms with Gasteiger partial charge in [-0.05, 0) is 12.8 Å². The van der Waals surface area contributed by atoms with Crippen LogP contribution in [0.2, 0.25) is 0 Å². The first-order chi connectivity index (χ1) is 9.49. The van der Waals surface area contributed by atoms with Crippen molar-refractivity contribution >= 4 is 45.6 Å². The molecular formula is C11H17F4NaO5S. The second kappa shape index (κ2) is 8.27. The quantitative estimate of drug-likeness (QED) is 0.339. The minimum absolute atomic E-state index is 0. The molecule has 0 atom stereocenters. The van der Waals surface area contributed by atoms with Gasteiger partial charge in [0.1, 0.15) is 0 Å². The van der Waals surface area contributed by atoms with Gasteiger partial charge in [-0.2, -0.15) is 26.0 Å². The van der Waals surface area contributed by atoms with Gasteiger partial charge in [-0.15, -0.1) is 0 Å². The van der Waals surface area contributed by atoms with E-state index in [0.29, 0.717) is 12.8 Å². The monoisotopic (exact) mass is 360 g/mol. The van der Waals surface area contributed by atoms with Gasteiger partial charge >= 0.3 is 56.8 Å². The second-order valence-corrected chi connectivity index (χ2v) is 6.41. The number of ether oxygens (including phenoxy) is 1. The van der Waals surface area contributed by atoms with Crippen molar-refractivity contribution < 1.29 is 40.1 Å². The van der Waals surface area contributed by atoms with E-state index in [1.54, 1.807) is 0 Å². The zero-order valence-corrected chi connectivity index (χ0v) is 11.8. The number of hydrogen-bond acceptors (Lipinski definition) is 4. The van der Waals surface area contributed by atoms with Crippen molar-refractivity contribution in [2.24, 2.45) is 5.92 Å². The van der Waals surface area contributed by atoms with Crippen LogP contribution in [0.25, 0.3) is 0 Å². The van der Waals surface area contributed by atoms with Crippen molar-refractivity contribution in [3.63, 3.8) is 0 Å². The molecule has 11 heteroatoms. The van der Waals surface area contributed by atoms with Gasteiger partial charge in [-0.3, -0.25) is 9.35 Å². The molecule has 5 nitrogen and oxygen atoms in total. The Hall–Kier alpha value is 0.1000. The fraction of sp³-hybridized carbons (Fsp3) is 0.909. The van der Waals surface area contributed by atoms with Crippen molar-refractivity contribution in [1.82, 2.24) is 0 Å². The van der Waals surface area contributed by atoms with E-state index in [0.717, 1.165) is 19.3 Å². The van der Waals surface area contributed by atoms with Gasteiger partial charge in [0.25, 0.3) is 0 Å². The molecule has 0 unspecified atom stereocenters. The topological polar surface area (TPSA) is 80.7 Å². The Balaban J connectivity index is 0.00000441. The van der Waals surface area contributed by atoms with Crippen molar-refractivity contribution in [3.05, 3.63) is 0 Å². The van der Waals surface area contributed by atoms with Crippen molar-refractivity contribution in [2.75, 3.05) is 6.61 Å². The number of rotatable bonds is 6. The van der Waals surface area contributed by atoms with E-state index in [9.17, 15) is 30.8 Å². The average molecular weight is 360 g/mol. The van der Waals surface area contributed by atoms with Gasteiger partial charge in [-0.25, -0.2) is 0 Å². The molecule has 126 valence electrons. The summed E-state index contributed by atoms with van der Waals surface area (Å²) in [6.07, 6.45) is 1.97. The summed E-state index contributed by atoms with van der Waals surface area (Å²) in [4.78, 5) is 11.5. The summed E-state index contributed by atoms with van der Waals surface area (Å²) in [5, 5.41) is -5.63. The summed E-state index contributed by atoms with van der Waals surface area (Å²) in [7, 11) is -6.26. The summed E-state index contributed by atoms with van der Waals surface area (Å²) in [6.45, 7) is -1.05. The molecule has 1 N–H and O–H groups in total. The van der Waals surface area contributed by atoms with Gasteiger partial charge in [0.2, 0.25) is 0 Å². The molecule has 1 aliphatic rings. The number of alkyl halides is 4. The van der Waals surface area contributed by atoms with Crippen LogP contribution in [0.4, 0.5) is 17.6 Å².